The van der Waals surface area contributed by atoms with Gasteiger partial charge in [0.15, 0.2) is 6.54 Å². The summed E-state index contributed by atoms with van der Waals surface area (Å²) in [6, 6.07) is 11.1. The number of likely N-dealkylation sites (N-methyl/N-ethyl adjacent to an activating group) is 1. The molecule has 0 aliphatic carbocycles. The fourth-order valence-corrected chi connectivity index (χ4v) is 4.21. The quantitative estimate of drug-likeness (QED) is 0.406. The lowest BCUT2D eigenvalue weighted by atomic mass is 10.0. The van der Waals surface area contributed by atoms with Crippen molar-refractivity contribution in [1.29, 1.82) is 0 Å². The van der Waals surface area contributed by atoms with Crippen molar-refractivity contribution in [1.82, 2.24) is 10.2 Å². The highest BCUT2D eigenvalue weighted by atomic mass is 19.4. The van der Waals surface area contributed by atoms with Crippen LogP contribution in [0.1, 0.15) is 30.4 Å². The van der Waals surface area contributed by atoms with Crippen molar-refractivity contribution in [3.63, 3.8) is 0 Å². The van der Waals surface area contributed by atoms with Gasteiger partial charge in [0.2, 0.25) is 11.2 Å². The first kappa shape index (κ1) is 26.1. The van der Waals surface area contributed by atoms with Gasteiger partial charge in [0.05, 0.1) is 18.0 Å². The lowest BCUT2D eigenvalue weighted by molar-refractivity contribution is -0.765. The van der Waals surface area contributed by atoms with Crippen LogP contribution in [0.2, 0.25) is 0 Å². The van der Waals surface area contributed by atoms with E-state index in [1.807, 2.05) is 7.05 Å². The monoisotopic (exact) mass is 517 g/mol. The van der Waals surface area contributed by atoms with E-state index in [-0.39, 0.29) is 23.7 Å². The van der Waals surface area contributed by atoms with Crippen molar-refractivity contribution in [2.75, 3.05) is 29.5 Å². The predicted octanol–water partition coefficient (Wildman–Crippen LogP) is 4.29. The molecule has 1 fully saturated rings. The Morgan fingerprint density at radius 3 is 2.51 bits per heavy atom. The Bertz CT molecular complexity index is 1230. The summed E-state index contributed by atoms with van der Waals surface area (Å²) in [7, 11) is 2.05. The molecular formula is C25H28F3N6O3+. The van der Waals surface area contributed by atoms with Gasteiger partial charge in [-0.15, -0.1) is 0 Å². The van der Waals surface area contributed by atoms with Crippen molar-refractivity contribution in [2.24, 2.45) is 0 Å². The summed E-state index contributed by atoms with van der Waals surface area (Å²) in [5, 5.41) is 11.2. The van der Waals surface area contributed by atoms with E-state index in [2.05, 4.69) is 26.1 Å². The van der Waals surface area contributed by atoms with Crippen molar-refractivity contribution in [2.45, 2.75) is 44.4 Å². The molecule has 2 aromatic carbocycles. The van der Waals surface area contributed by atoms with Gasteiger partial charge in [-0.3, -0.25) is 19.5 Å². The Kier molecular flexibility index (Phi) is 8.07. The lowest BCUT2D eigenvalue weighted by Gasteiger charge is -2.29. The zero-order valence-electron chi connectivity index (χ0n) is 20.2. The van der Waals surface area contributed by atoms with Gasteiger partial charge in [0, 0.05) is 11.4 Å². The van der Waals surface area contributed by atoms with E-state index in [0.717, 1.165) is 37.9 Å². The van der Waals surface area contributed by atoms with Gasteiger partial charge in [0.1, 0.15) is 0 Å². The Morgan fingerprint density at radius 2 is 1.81 bits per heavy atom. The number of aromatic nitrogens is 2. The summed E-state index contributed by atoms with van der Waals surface area (Å²) in [5.41, 5.74) is -0.558. The molecule has 196 valence electrons. The largest absolute Gasteiger partial charge is 0.416 e. The molecule has 4 rings (SSSR count). The zero-order chi connectivity index (χ0) is 26.4. The molecule has 1 aromatic heterocycles. The van der Waals surface area contributed by atoms with Crippen LogP contribution in [0.15, 0.2) is 59.3 Å². The Hall–Kier alpha value is -3.93. The normalized spacial score (nSPS) is 16.3. The number of carbonyl (C=O) groups is 2. The summed E-state index contributed by atoms with van der Waals surface area (Å²) in [4.78, 5) is 27.1. The Balaban J connectivity index is 1.40. The molecule has 1 saturated heterocycles. The number of nitrogens with zero attached hydrogens (tertiary/aromatic N) is 3. The van der Waals surface area contributed by atoms with Gasteiger partial charge in [-0.25, -0.2) is 4.79 Å². The first-order valence-electron chi connectivity index (χ1n) is 11.9. The molecule has 0 saturated carbocycles. The summed E-state index contributed by atoms with van der Waals surface area (Å²) in [5.74, 6) is -0.449. The SMILES string of the molecule is CN1CCCCC1C[n+]1cc(NC(=O)Nc2cc(NC(=O)Cc3ccccc3)cc(C(F)(F)F)c2)on1. The smallest absolute Gasteiger partial charge is 0.326 e. The third-order valence-corrected chi connectivity index (χ3v) is 6.08. The standard InChI is InChI=1S/C25H27F3N6O3/c1-33-10-6-5-9-21(33)15-34-16-23(37-32-34)31-24(36)30-20-13-18(25(26,27)28)12-19(14-20)29-22(35)11-17-7-3-2-4-8-17/h2-4,7-8,12-14,16,21H,5-6,9-11,15H2,1H3,(H2-,29,30,31,32,35,36)/p+1. The van der Waals surface area contributed by atoms with E-state index >= 15 is 0 Å². The number of carbonyl (C=O) groups excluding carboxylic acids is 2. The highest BCUT2D eigenvalue weighted by Crippen LogP contribution is 2.33. The van der Waals surface area contributed by atoms with Crippen LogP contribution in [0.3, 0.4) is 0 Å². The minimum absolute atomic E-state index is 0.0114. The summed E-state index contributed by atoms with van der Waals surface area (Å²) < 4.78 is 47.1. The molecule has 1 aliphatic rings. The second-order valence-corrected chi connectivity index (χ2v) is 9.01. The molecule has 1 aliphatic heterocycles. The molecule has 3 N–H and O–H groups in total. The number of amides is 3. The van der Waals surface area contributed by atoms with Crippen molar-refractivity contribution >= 4 is 29.2 Å². The predicted molar refractivity (Wildman–Crippen MR) is 130 cm³/mol. The summed E-state index contributed by atoms with van der Waals surface area (Å²) in [6.07, 6.45) is 0.130. The number of likely N-dealkylation sites (tertiary alicyclic amines) is 1. The number of nitrogens with one attached hydrogen (secondary N) is 3. The summed E-state index contributed by atoms with van der Waals surface area (Å²) in [6.45, 7) is 1.59. The second-order valence-electron chi connectivity index (χ2n) is 9.01. The summed E-state index contributed by atoms with van der Waals surface area (Å²) >= 11 is 0. The molecule has 2 heterocycles. The van der Waals surface area contributed by atoms with Gasteiger partial charge in [-0.05, 0) is 54.9 Å². The number of halogens is 3. The lowest BCUT2D eigenvalue weighted by Crippen LogP contribution is -2.49. The van der Waals surface area contributed by atoms with Crippen LogP contribution < -0.4 is 20.6 Å². The highest BCUT2D eigenvalue weighted by Gasteiger charge is 2.32. The van der Waals surface area contributed by atoms with E-state index < -0.39 is 23.7 Å². The number of urea groups is 1. The number of rotatable bonds is 7. The number of anilines is 3. The van der Waals surface area contributed by atoms with E-state index in [9.17, 15) is 22.8 Å². The van der Waals surface area contributed by atoms with Crippen molar-refractivity contribution < 1.29 is 32.0 Å². The molecule has 37 heavy (non-hydrogen) atoms. The van der Waals surface area contributed by atoms with Crippen LogP contribution in [-0.4, -0.2) is 41.7 Å². The molecule has 0 bridgehead atoms. The van der Waals surface area contributed by atoms with Crippen molar-refractivity contribution in [3.05, 3.63) is 65.9 Å². The third kappa shape index (κ3) is 7.53. The molecule has 0 spiro atoms. The number of alkyl halides is 3. The van der Waals surface area contributed by atoms with Gasteiger partial charge in [0.25, 0.3) is 6.20 Å². The van der Waals surface area contributed by atoms with E-state index in [4.69, 9.17) is 4.52 Å². The van der Waals surface area contributed by atoms with Crippen LogP contribution in [0.25, 0.3) is 0 Å². The minimum atomic E-state index is -4.68. The van der Waals surface area contributed by atoms with E-state index in [1.165, 1.54) is 12.3 Å². The molecule has 9 nitrogen and oxygen atoms in total. The maximum Gasteiger partial charge on any atom is 0.416 e. The molecule has 0 radical (unpaired) electrons. The topological polar surface area (TPSA) is 103 Å². The maximum absolute atomic E-state index is 13.5. The maximum atomic E-state index is 13.5. The van der Waals surface area contributed by atoms with Crippen LogP contribution in [0.4, 0.5) is 35.2 Å². The minimum Gasteiger partial charge on any atom is -0.326 e. The average Bonchev–Trinajstić information content (AvgIpc) is 3.27. The highest BCUT2D eigenvalue weighted by molar-refractivity contribution is 6.00. The van der Waals surface area contributed by atoms with Crippen LogP contribution in [-0.2, 0) is 23.9 Å². The molecule has 12 heteroatoms. The molecule has 3 aromatic rings. The molecule has 3 amide bonds. The van der Waals surface area contributed by atoms with Crippen LogP contribution in [0, 0.1) is 0 Å². The molecule has 1 unspecified atom stereocenters. The number of hydrogen-bond acceptors (Lipinski definition) is 5. The van der Waals surface area contributed by atoms with Gasteiger partial charge in [-0.1, -0.05) is 36.8 Å². The first-order chi connectivity index (χ1) is 17.7. The van der Waals surface area contributed by atoms with E-state index in [1.54, 1.807) is 35.0 Å². The van der Waals surface area contributed by atoms with Crippen LogP contribution in [0.5, 0.6) is 0 Å². The number of benzene rings is 2. The van der Waals surface area contributed by atoms with Gasteiger partial charge < -0.3 is 10.6 Å². The first-order valence-corrected chi connectivity index (χ1v) is 11.9. The Morgan fingerprint density at radius 1 is 1.08 bits per heavy atom. The third-order valence-electron chi connectivity index (χ3n) is 6.08. The zero-order valence-corrected chi connectivity index (χ0v) is 20.2. The van der Waals surface area contributed by atoms with Gasteiger partial charge >= 0.3 is 18.1 Å². The fraction of sp³-hybridized carbons (Fsp3) is 0.360. The van der Waals surface area contributed by atoms with Gasteiger partial charge in [-0.2, -0.15) is 13.2 Å². The molecular weight excluding hydrogens is 489 g/mol. The van der Waals surface area contributed by atoms with Crippen molar-refractivity contribution in [3.8, 4) is 0 Å². The number of piperidine rings is 1. The Labute approximate surface area is 211 Å². The second kappa shape index (κ2) is 11.4. The number of hydrogen-bond donors (Lipinski definition) is 3. The fourth-order valence-electron chi connectivity index (χ4n) is 4.21. The van der Waals surface area contributed by atoms with Crippen LogP contribution >= 0.6 is 0 Å². The average molecular weight is 518 g/mol. The molecule has 1 atom stereocenters. The van der Waals surface area contributed by atoms with E-state index in [0.29, 0.717) is 18.2 Å².